The number of hydrogen-bond acceptors (Lipinski definition) is 6. The van der Waals surface area contributed by atoms with E-state index in [1.165, 1.54) is 12.1 Å². The third kappa shape index (κ3) is 3.28. The highest BCUT2D eigenvalue weighted by Crippen LogP contribution is 2.32. The maximum Gasteiger partial charge on any atom is 0.229 e. The highest BCUT2D eigenvalue weighted by molar-refractivity contribution is 6.44. The lowest BCUT2D eigenvalue weighted by Gasteiger charge is -2.21. The second kappa shape index (κ2) is 6.90. The van der Waals surface area contributed by atoms with Gasteiger partial charge in [0.05, 0.1) is 28.6 Å². The number of benzene rings is 1. The molecule has 9 heteroatoms. The highest BCUT2D eigenvalue weighted by atomic mass is 35.5. The van der Waals surface area contributed by atoms with Crippen molar-refractivity contribution >= 4 is 46.8 Å². The smallest absolute Gasteiger partial charge is 0.229 e. The molecule has 2 aliphatic heterocycles. The average molecular weight is 406 g/mol. The van der Waals surface area contributed by atoms with Gasteiger partial charge in [0.2, 0.25) is 5.95 Å². The molecule has 0 radical (unpaired) electrons. The number of aliphatic imine (C=N–C) groups is 1. The largest absolute Gasteiger partial charge is 0.359 e. The minimum absolute atomic E-state index is 0.0797. The van der Waals surface area contributed by atoms with Crippen molar-refractivity contribution in [2.24, 2.45) is 4.99 Å². The Kier molecular flexibility index (Phi) is 4.57. The van der Waals surface area contributed by atoms with Crippen molar-refractivity contribution in [1.29, 1.82) is 0 Å². The van der Waals surface area contributed by atoms with E-state index in [0.29, 0.717) is 30.4 Å². The number of carbonyl (C=O) groups is 1. The fourth-order valence-corrected chi connectivity index (χ4v) is 3.56. The summed E-state index contributed by atoms with van der Waals surface area (Å²) in [5.74, 6) is -0.156. The van der Waals surface area contributed by atoms with Gasteiger partial charge in [-0.3, -0.25) is 9.79 Å². The van der Waals surface area contributed by atoms with Crippen LogP contribution in [0.25, 0.3) is 0 Å². The van der Waals surface area contributed by atoms with Crippen LogP contribution in [-0.2, 0) is 17.9 Å². The van der Waals surface area contributed by atoms with Crippen molar-refractivity contribution in [3.63, 3.8) is 0 Å². The van der Waals surface area contributed by atoms with Crippen LogP contribution in [0.4, 0.5) is 16.0 Å². The van der Waals surface area contributed by atoms with Gasteiger partial charge in [0, 0.05) is 31.6 Å². The standard InChI is InChI=1S/C18H14Cl2FN5O/c1-25(14-3-2-11(21)4-12(14)19)18-23-5-10-8-26(9-13(10)24-18)15-6-22-7-16(27)17(15)20/h2-6H,7-9H2,1H3. The van der Waals surface area contributed by atoms with Crippen LogP contribution in [0.15, 0.2) is 40.1 Å². The molecule has 138 valence electrons. The van der Waals surface area contributed by atoms with Gasteiger partial charge in [-0.05, 0) is 18.2 Å². The normalized spacial score (nSPS) is 16.1. The van der Waals surface area contributed by atoms with Gasteiger partial charge in [0.1, 0.15) is 17.4 Å². The number of fused-ring (bicyclic) bond motifs is 1. The molecule has 3 heterocycles. The lowest BCUT2D eigenvalue weighted by molar-refractivity contribution is -0.113. The first-order chi connectivity index (χ1) is 12.9. The zero-order chi connectivity index (χ0) is 19.1. The van der Waals surface area contributed by atoms with Crippen LogP contribution in [-0.4, -0.2) is 40.5 Å². The predicted molar refractivity (Wildman–Crippen MR) is 102 cm³/mol. The maximum atomic E-state index is 13.3. The second-order valence-electron chi connectivity index (χ2n) is 6.24. The number of ketones is 1. The number of rotatable bonds is 3. The summed E-state index contributed by atoms with van der Waals surface area (Å²) in [6.45, 7) is 1.11. The summed E-state index contributed by atoms with van der Waals surface area (Å²) >= 11 is 12.3. The van der Waals surface area contributed by atoms with Crippen LogP contribution in [0, 0.1) is 5.82 Å². The Morgan fingerprint density at radius 2 is 2.07 bits per heavy atom. The third-order valence-electron chi connectivity index (χ3n) is 4.47. The van der Waals surface area contributed by atoms with Gasteiger partial charge in [-0.25, -0.2) is 14.4 Å². The maximum absolute atomic E-state index is 13.3. The molecule has 0 fully saturated rings. The molecule has 0 unspecified atom stereocenters. The van der Waals surface area contributed by atoms with E-state index in [0.717, 1.165) is 11.3 Å². The fourth-order valence-electron chi connectivity index (χ4n) is 3.04. The molecular weight excluding hydrogens is 392 g/mol. The molecule has 0 saturated carbocycles. The lowest BCUT2D eigenvalue weighted by Crippen LogP contribution is -2.23. The molecule has 2 aliphatic rings. The first kappa shape index (κ1) is 17.9. The summed E-state index contributed by atoms with van der Waals surface area (Å²) in [5.41, 5.74) is 2.97. The van der Waals surface area contributed by atoms with E-state index in [1.807, 2.05) is 4.90 Å². The number of carbonyl (C=O) groups excluding carboxylic acids is 1. The quantitative estimate of drug-likeness (QED) is 0.782. The summed E-state index contributed by atoms with van der Waals surface area (Å²) in [5, 5.41) is 0.471. The monoisotopic (exact) mass is 405 g/mol. The van der Waals surface area contributed by atoms with Gasteiger partial charge in [0.15, 0.2) is 5.78 Å². The molecule has 1 aromatic heterocycles. The number of aromatic nitrogens is 2. The average Bonchev–Trinajstić information content (AvgIpc) is 3.06. The molecule has 0 spiro atoms. The second-order valence-corrected chi connectivity index (χ2v) is 7.03. The SMILES string of the molecule is CN(c1ncc2c(n1)CN(C1=C(Cl)C(=O)CN=C1)C2)c1ccc(F)cc1Cl. The van der Waals surface area contributed by atoms with Gasteiger partial charge < -0.3 is 9.80 Å². The van der Waals surface area contributed by atoms with E-state index in [2.05, 4.69) is 15.0 Å². The summed E-state index contributed by atoms with van der Waals surface area (Å²) in [6, 6.07) is 4.16. The number of halogens is 3. The molecule has 0 aliphatic carbocycles. The number of Topliss-reactive ketones (excluding diaryl/α,β-unsaturated/α-hetero) is 1. The van der Waals surface area contributed by atoms with E-state index in [-0.39, 0.29) is 22.4 Å². The summed E-state index contributed by atoms with van der Waals surface area (Å²) < 4.78 is 13.3. The van der Waals surface area contributed by atoms with Gasteiger partial charge in [0.25, 0.3) is 0 Å². The van der Waals surface area contributed by atoms with Crippen molar-refractivity contribution < 1.29 is 9.18 Å². The van der Waals surface area contributed by atoms with Crippen LogP contribution in [0.5, 0.6) is 0 Å². The number of allylic oxidation sites excluding steroid dienone is 1. The molecule has 0 amide bonds. The van der Waals surface area contributed by atoms with Gasteiger partial charge >= 0.3 is 0 Å². The molecule has 0 N–H and O–H groups in total. The molecule has 2 aromatic rings. The third-order valence-corrected chi connectivity index (χ3v) is 5.18. The number of anilines is 2. The molecule has 6 nitrogen and oxygen atoms in total. The van der Waals surface area contributed by atoms with Crippen molar-refractivity contribution in [2.75, 3.05) is 18.5 Å². The van der Waals surface area contributed by atoms with E-state index in [9.17, 15) is 9.18 Å². The Labute approximate surface area is 164 Å². The van der Waals surface area contributed by atoms with Crippen molar-refractivity contribution in [2.45, 2.75) is 13.1 Å². The molecule has 0 atom stereocenters. The van der Waals surface area contributed by atoms with Crippen LogP contribution >= 0.6 is 23.2 Å². The lowest BCUT2D eigenvalue weighted by atomic mass is 10.2. The van der Waals surface area contributed by atoms with E-state index in [4.69, 9.17) is 23.2 Å². The minimum atomic E-state index is -0.406. The predicted octanol–water partition coefficient (Wildman–Crippen LogP) is 3.46. The zero-order valence-electron chi connectivity index (χ0n) is 14.3. The van der Waals surface area contributed by atoms with Crippen LogP contribution in [0.2, 0.25) is 5.02 Å². The van der Waals surface area contributed by atoms with Crippen LogP contribution in [0.3, 0.4) is 0 Å². The number of hydrogen-bond donors (Lipinski definition) is 0. The Hall–Kier alpha value is -2.51. The Balaban J connectivity index is 1.61. The fraction of sp³-hybridized carbons (Fsp3) is 0.222. The summed E-state index contributed by atoms with van der Waals surface area (Å²) in [6.07, 6.45) is 3.36. The Bertz CT molecular complexity index is 1010. The van der Waals surface area contributed by atoms with E-state index in [1.54, 1.807) is 30.4 Å². The van der Waals surface area contributed by atoms with Crippen molar-refractivity contribution in [1.82, 2.24) is 14.9 Å². The molecule has 0 bridgehead atoms. The highest BCUT2D eigenvalue weighted by Gasteiger charge is 2.28. The topological polar surface area (TPSA) is 61.7 Å². The van der Waals surface area contributed by atoms with Gasteiger partial charge in [-0.15, -0.1) is 0 Å². The number of nitrogens with zero attached hydrogens (tertiary/aromatic N) is 5. The molecule has 1 aromatic carbocycles. The van der Waals surface area contributed by atoms with Gasteiger partial charge in [-0.1, -0.05) is 23.2 Å². The number of dihydropyridines is 1. The molecule has 4 rings (SSSR count). The van der Waals surface area contributed by atoms with E-state index < -0.39 is 5.82 Å². The van der Waals surface area contributed by atoms with E-state index >= 15 is 0 Å². The first-order valence-electron chi connectivity index (χ1n) is 8.15. The first-order valence-corrected chi connectivity index (χ1v) is 8.91. The van der Waals surface area contributed by atoms with Crippen LogP contribution < -0.4 is 4.90 Å². The molecular formula is C18H14Cl2FN5O. The van der Waals surface area contributed by atoms with Crippen molar-refractivity contribution in [3.8, 4) is 0 Å². The molecule has 27 heavy (non-hydrogen) atoms. The van der Waals surface area contributed by atoms with Gasteiger partial charge in [-0.2, -0.15) is 0 Å². The zero-order valence-corrected chi connectivity index (χ0v) is 15.8. The molecule has 0 saturated heterocycles. The Morgan fingerprint density at radius 3 is 2.85 bits per heavy atom. The minimum Gasteiger partial charge on any atom is -0.359 e. The summed E-state index contributed by atoms with van der Waals surface area (Å²) in [7, 11) is 1.76. The summed E-state index contributed by atoms with van der Waals surface area (Å²) in [4.78, 5) is 28.5. The van der Waals surface area contributed by atoms with Crippen LogP contribution in [0.1, 0.15) is 11.3 Å². The Morgan fingerprint density at radius 1 is 1.26 bits per heavy atom. The van der Waals surface area contributed by atoms with Crippen molar-refractivity contribution in [3.05, 3.63) is 57.2 Å².